The average molecular weight is 369 g/mol. The summed E-state index contributed by atoms with van der Waals surface area (Å²) in [6.45, 7) is 5.69. The number of H-pyrrole nitrogens is 1. The molecule has 0 bridgehead atoms. The summed E-state index contributed by atoms with van der Waals surface area (Å²) >= 11 is 5.08. The van der Waals surface area contributed by atoms with E-state index < -0.39 is 0 Å². The van der Waals surface area contributed by atoms with Gasteiger partial charge >= 0.3 is 0 Å². The lowest BCUT2D eigenvalue weighted by atomic mass is 10.1. The maximum Gasteiger partial charge on any atom is 0.268 e. The fraction of sp³-hybridized carbons (Fsp3) is 0.333. The molecular formula is C15H17BrN2O2S. The summed E-state index contributed by atoms with van der Waals surface area (Å²) in [4.78, 5) is 28.0. The molecule has 0 aliphatic rings. The fourth-order valence-electron chi connectivity index (χ4n) is 2.38. The van der Waals surface area contributed by atoms with Crippen LogP contribution in [0.5, 0.6) is 0 Å². The summed E-state index contributed by atoms with van der Waals surface area (Å²) < 4.78 is 1.09. The number of thiophene rings is 1. The minimum absolute atomic E-state index is 0.0243. The van der Waals surface area contributed by atoms with Crippen molar-refractivity contribution in [3.8, 4) is 0 Å². The summed E-state index contributed by atoms with van der Waals surface area (Å²) in [6.07, 6.45) is 0.792. The van der Waals surface area contributed by atoms with E-state index in [4.69, 9.17) is 0 Å². The second kappa shape index (κ2) is 6.58. The van der Waals surface area contributed by atoms with Crippen molar-refractivity contribution in [3.63, 3.8) is 0 Å². The number of nitrogens with one attached hydrogen (secondary N) is 2. The fourth-order valence-corrected chi connectivity index (χ4v) is 3.86. The molecule has 2 aromatic heterocycles. The Morgan fingerprint density at radius 1 is 1.33 bits per heavy atom. The zero-order chi connectivity index (χ0) is 15.6. The van der Waals surface area contributed by atoms with Gasteiger partial charge in [-0.25, -0.2) is 0 Å². The van der Waals surface area contributed by atoms with Crippen molar-refractivity contribution >= 4 is 39.0 Å². The van der Waals surface area contributed by atoms with Crippen molar-refractivity contribution in [3.05, 3.63) is 43.3 Å². The molecule has 0 aliphatic heterocycles. The highest BCUT2D eigenvalue weighted by atomic mass is 79.9. The van der Waals surface area contributed by atoms with Crippen LogP contribution in [0.3, 0.4) is 0 Å². The van der Waals surface area contributed by atoms with E-state index in [1.807, 2.05) is 19.1 Å². The zero-order valence-electron chi connectivity index (χ0n) is 12.2. The maximum absolute atomic E-state index is 12.2. The Balaban J connectivity index is 2.01. The standard InChI is InChI=1S/C15H17BrN2O2S/c1-8-13(10(3)19)9(2)18-14(8)15(20)17-7-6-11-4-5-12(16)21-11/h4-5,18H,6-7H2,1-3H3,(H,17,20). The molecule has 0 saturated heterocycles. The van der Waals surface area contributed by atoms with Crippen molar-refractivity contribution < 1.29 is 9.59 Å². The molecule has 2 N–H and O–H groups in total. The first kappa shape index (κ1) is 16.0. The predicted octanol–water partition coefficient (Wildman–Crippen LogP) is 3.63. The quantitative estimate of drug-likeness (QED) is 0.791. The number of amides is 1. The average Bonchev–Trinajstić information content (AvgIpc) is 2.93. The highest BCUT2D eigenvalue weighted by Gasteiger charge is 2.19. The van der Waals surface area contributed by atoms with Gasteiger partial charge in [-0.1, -0.05) is 0 Å². The molecular weight excluding hydrogens is 352 g/mol. The van der Waals surface area contributed by atoms with Gasteiger partial charge in [-0.3, -0.25) is 9.59 Å². The molecule has 2 aromatic rings. The normalized spacial score (nSPS) is 10.7. The van der Waals surface area contributed by atoms with Gasteiger partial charge in [-0.2, -0.15) is 0 Å². The Morgan fingerprint density at radius 2 is 2.05 bits per heavy atom. The number of hydrogen-bond donors (Lipinski definition) is 2. The Bertz CT molecular complexity index is 688. The van der Waals surface area contributed by atoms with Crippen molar-refractivity contribution in [1.29, 1.82) is 0 Å². The van der Waals surface area contributed by atoms with Gasteiger partial charge in [-0.15, -0.1) is 11.3 Å². The van der Waals surface area contributed by atoms with Crippen LogP contribution >= 0.6 is 27.3 Å². The third kappa shape index (κ3) is 3.63. The van der Waals surface area contributed by atoms with Crippen LogP contribution in [-0.4, -0.2) is 23.2 Å². The maximum atomic E-state index is 12.2. The van der Waals surface area contributed by atoms with Gasteiger partial charge in [0.25, 0.3) is 5.91 Å². The largest absolute Gasteiger partial charge is 0.354 e. The topological polar surface area (TPSA) is 62.0 Å². The van der Waals surface area contributed by atoms with E-state index in [9.17, 15) is 9.59 Å². The van der Waals surface area contributed by atoms with Crippen molar-refractivity contribution in [2.45, 2.75) is 27.2 Å². The molecule has 0 unspecified atom stereocenters. The van der Waals surface area contributed by atoms with E-state index in [0.29, 0.717) is 17.8 Å². The number of carbonyl (C=O) groups excluding carboxylic acids is 2. The lowest BCUT2D eigenvalue weighted by Crippen LogP contribution is -2.26. The van der Waals surface area contributed by atoms with Crippen molar-refractivity contribution in [2.75, 3.05) is 6.54 Å². The van der Waals surface area contributed by atoms with E-state index in [2.05, 4.69) is 26.2 Å². The summed E-state index contributed by atoms with van der Waals surface area (Å²) in [7, 11) is 0. The van der Waals surface area contributed by atoms with Crippen molar-refractivity contribution in [1.82, 2.24) is 10.3 Å². The molecule has 0 radical (unpaired) electrons. The number of hydrogen-bond acceptors (Lipinski definition) is 3. The number of halogens is 1. The van der Waals surface area contributed by atoms with E-state index in [1.165, 1.54) is 11.8 Å². The Morgan fingerprint density at radius 3 is 2.57 bits per heavy atom. The summed E-state index contributed by atoms with van der Waals surface area (Å²) in [5.41, 5.74) is 2.55. The molecule has 112 valence electrons. The van der Waals surface area contributed by atoms with Crippen LogP contribution in [0.25, 0.3) is 0 Å². The number of aromatic amines is 1. The molecule has 0 aliphatic carbocycles. The molecule has 21 heavy (non-hydrogen) atoms. The second-order valence-corrected chi connectivity index (χ2v) is 7.44. The van der Waals surface area contributed by atoms with Gasteiger partial charge in [0.05, 0.1) is 3.79 Å². The first-order chi connectivity index (χ1) is 9.90. The number of carbonyl (C=O) groups is 2. The summed E-state index contributed by atoms with van der Waals surface area (Å²) in [5, 5.41) is 2.89. The molecule has 0 spiro atoms. The van der Waals surface area contributed by atoms with E-state index in [0.717, 1.165) is 21.5 Å². The van der Waals surface area contributed by atoms with Crippen LogP contribution in [0.4, 0.5) is 0 Å². The van der Waals surface area contributed by atoms with Crippen molar-refractivity contribution in [2.24, 2.45) is 0 Å². The molecule has 0 aromatic carbocycles. The van der Waals surface area contributed by atoms with Crippen LogP contribution in [0.15, 0.2) is 15.9 Å². The van der Waals surface area contributed by atoms with Gasteiger partial charge in [0.15, 0.2) is 5.78 Å². The second-order valence-electron chi connectivity index (χ2n) is 4.89. The van der Waals surface area contributed by atoms with E-state index >= 15 is 0 Å². The van der Waals surface area contributed by atoms with Gasteiger partial charge in [0.1, 0.15) is 5.69 Å². The summed E-state index contributed by atoms with van der Waals surface area (Å²) in [6, 6.07) is 4.04. The third-order valence-electron chi connectivity index (χ3n) is 3.30. The van der Waals surface area contributed by atoms with Crippen LogP contribution in [0.2, 0.25) is 0 Å². The minimum Gasteiger partial charge on any atom is -0.354 e. The Hall–Kier alpha value is -1.40. The van der Waals surface area contributed by atoms with Gasteiger partial charge in [0.2, 0.25) is 0 Å². The first-order valence-electron chi connectivity index (χ1n) is 6.62. The zero-order valence-corrected chi connectivity index (χ0v) is 14.6. The van der Waals surface area contributed by atoms with E-state index in [-0.39, 0.29) is 11.7 Å². The highest BCUT2D eigenvalue weighted by Crippen LogP contribution is 2.22. The molecule has 2 heterocycles. The molecule has 0 saturated carbocycles. The third-order valence-corrected chi connectivity index (χ3v) is 4.99. The van der Waals surface area contributed by atoms with E-state index in [1.54, 1.807) is 18.3 Å². The Labute approximate surface area is 136 Å². The number of ketones is 1. The molecule has 0 atom stereocenters. The number of aromatic nitrogens is 1. The monoisotopic (exact) mass is 368 g/mol. The lowest BCUT2D eigenvalue weighted by molar-refractivity contribution is 0.0949. The smallest absolute Gasteiger partial charge is 0.268 e. The van der Waals surface area contributed by atoms with Gasteiger partial charge in [0, 0.05) is 22.7 Å². The number of Topliss-reactive ketones (excluding diaryl/α,β-unsaturated/α-hetero) is 1. The van der Waals surface area contributed by atoms with Crippen LogP contribution < -0.4 is 5.32 Å². The van der Waals surface area contributed by atoms with Gasteiger partial charge < -0.3 is 10.3 Å². The Kier molecular flexibility index (Phi) is 5.00. The van der Waals surface area contributed by atoms with Gasteiger partial charge in [-0.05, 0) is 60.8 Å². The van der Waals surface area contributed by atoms with Crippen LogP contribution in [0, 0.1) is 13.8 Å². The molecule has 4 nitrogen and oxygen atoms in total. The number of rotatable bonds is 5. The molecule has 0 fully saturated rings. The van der Waals surface area contributed by atoms with Crippen LogP contribution in [0.1, 0.15) is 43.9 Å². The molecule has 2 rings (SSSR count). The molecule has 6 heteroatoms. The summed E-state index contributed by atoms with van der Waals surface area (Å²) in [5.74, 6) is -0.192. The SMILES string of the molecule is CC(=O)c1c(C)[nH]c(C(=O)NCCc2ccc(Br)s2)c1C. The highest BCUT2D eigenvalue weighted by molar-refractivity contribution is 9.11. The lowest BCUT2D eigenvalue weighted by Gasteiger charge is -2.04. The number of aryl methyl sites for hydroxylation is 1. The minimum atomic E-state index is -0.168. The first-order valence-corrected chi connectivity index (χ1v) is 8.23. The molecule has 1 amide bonds. The predicted molar refractivity (Wildman–Crippen MR) is 88.3 cm³/mol. The van der Waals surface area contributed by atoms with Crippen LogP contribution in [-0.2, 0) is 6.42 Å².